The van der Waals surface area contributed by atoms with Gasteiger partial charge in [-0.1, -0.05) is 0 Å². The Morgan fingerprint density at radius 1 is 1.38 bits per heavy atom. The number of carbonyl (C=O) groups excluding carboxylic acids is 1. The minimum absolute atomic E-state index is 0.276. The van der Waals surface area contributed by atoms with Crippen LogP contribution in [0, 0.1) is 0 Å². The Hall–Kier alpha value is -0.840. The van der Waals surface area contributed by atoms with E-state index in [9.17, 15) is 18.0 Å². The second kappa shape index (κ2) is 3.91. The largest absolute Gasteiger partial charge is 0.425 e. The van der Waals surface area contributed by atoms with E-state index in [1.54, 1.807) is 0 Å². The van der Waals surface area contributed by atoms with Crippen molar-refractivity contribution in [3.8, 4) is 0 Å². The van der Waals surface area contributed by atoms with Gasteiger partial charge < -0.3 is 4.79 Å². The molecule has 5 heteroatoms. The van der Waals surface area contributed by atoms with Gasteiger partial charge in [-0.2, -0.15) is 13.2 Å². The number of rotatable bonds is 3. The molecule has 1 rings (SSSR count). The lowest BCUT2D eigenvalue weighted by Crippen LogP contribution is -2.00. The summed E-state index contributed by atoms with van der Waals surface area (Å²) in [5, 5.41) is 0. The maximum absolute atomic E-state index is 12.1. The fourth-order valence-corrected chi connectivity index (χ4v) is 1.76. The van der Waals surface area contributed by atoms with Crippen LogP contribution in [0.5, 0.6) is 0 Å². The molecule has 0 amide bonds. The van der Waals surface area contributed by atoms with E-state index in [-0.39, 0.29) is 6.42 Å². The van der Waals surface area contributed by atoms with Crippen LogP contribution in [0.1, 0.15) is 16.2 Å². The molecule has 0 aliphatic carbocycles. The van der Waals surface area contributed by atoms with E-state index >= 15 is 0 Å². The molecule has 0 aliphatic heterocycles. The lowest BCUT2D eigenvalue weighted by Gasteiger charge is -2.00. The van der Waals surface area contributed by atoms with Gasteiger partial charge in [-0.3, -0.25) is 0 Å². The lowest BCUT2D eigenvalue weighted by molar-refractivity contribution is -0.134. The number of alkyl halides is 3. The summed E-state index contributed by atoms with van der Waals surface area (Å²) in [6, 6.07) is 2.46. The average Bonchev–Trinajstić information content (AvgIpc) is 2.47. The third kappa shape index (κ3) is 2.84. The van der Waals surface area contributed by atoms with Crippen molar-refractivity contribution in [3.63, 3.8) is 0 Å². The molecule has 0 aliphatic rings. The third-order valence-electron chi connectivity index (χ3n) is 1.45. The van der Waals surface area contributed by atoms with Crippen LogP contribution in [0.15, 0.2) is 12.1 Å². The summed E-state index contributed by atoms with van der Waals surface area (Å²) in [6.45, 7) is 0. The minimum atomic E-state index is -4.26. The van der Waals surface area contributed by atoms with Crippen LogP contribution in [0.4, 0.5) is 13.2 Å². The highest BCUT2D eigenvalue weighted by atomic mass is 32.1. The van der Waals surface area contributed by atoms with E-state index in [1.165, 1.54) is 6.07 Å². The van der Waals surface area contributed by atoms with Gasteiger partial charge in [0.25, 0.3) is 0 Å². The third-order valence-corrected chi connectivity index (χ3v) is 2.64. The van der Waals surface area contributed by atoms with Crippen LogP contribution in [0.3, 0.4) is 0 Å². The first-order valence-electron chi connectivity index (χ1n) is 3.63. The van der Waals surface area contributed by atoms with Crippen LogP contribution in [0.2, 0.25) is 0 Å². The number of thiophene rings is 1. The SMILES string of the molecule is O=CCCc1ccc(C(F)(F)F)s1. The van der Waals surface area contributed by atoms with Crippen molar-refractivity contribution >= 4 is 17.6 Å². The van der Waals surface area contributed by atoms with E-state index in [0.717, 1.165) is 6.07 Å². The summed E-state index contributed by atoms with van der Waals surface area (Å²) < 4.78 is 36.2. The first kappa shape index (κ1) is 10.2. The summed E-state index contributed by atoms with van der Waals surface area (Å²) in [4.78, 5) is 9.96. The molecule has 0 atom stereocenters. The standard InChI is InChI=1S/C8H7F3OS/c9-8(10,11)7-4-3-6(13-7)2-1-5-12/h3-5H,1-2H2. The molecule has 0 aromatic carbocycles. The highest BCUT2D eigenvalue weighted by Crippen LogP contribution is 2.34. The molecule has 0 spiro atoms. The van der Waals surface area contributed by atoms with Crippen molar-refractivity contribution in [1.29, 1.82) is 0 Å². The Balaban J connectivity index is 2.69. The Morgan fingerprint density at radius 3 is 2.54 bits per heavy atom. The predicted molar refractivity (Wildman–Crippen MR) is 43.7 cm³/mol. The number of aldehydes is 1. The zero-order valence-corrected chi connectivity index (χ0v) is 7.41. The van der Waals surface area contributed by atoms with Gasteiger partial charge in [-0.05, 0) is 18.6 Å². The lowest BCUT2D eigenvalue weighted by atomic mass is 10.3. The highest BCUT2D eigenvalue weighted by Gasteiger charge is 2.32. The first-order chi connectivity index (χ1) is 6.04. The first-order valence-corrected chi connectivity index (χ1v) is 4.45. The van der Waals surface area contributed by atoms with E-state index in [2.05, 4.69) is 0 Å². The molecule has 1 nitrogen and oxygen atoms in total. The smallest absolute Gasteiger partial charge is 0.303 e. The van der Waals surface area contributed by atoms with Crippen LogP contribution < -0.4 is 0 Å². The van der Waals surface area contributed by atoms with Gasteiger partial charge in [0.2, 0.25) is 0 Å². The molecule has 0 bridgehead atoms. The Labute approximate surface area is 77.2 Å². The molecule has 0 unspecified atom stereocenters. The molecule has 1 aromatic heterocycles. The van der Waals surface area contributed by atoms with Gasteiger partial charge >= 0.3 is 6.18 Å². The molecule has 0 fully saturated rings. The molecule has 0 N–H and O–H groups in total. The Kier molecular flexibility index (Phi) is 3.08. The summed E-state index contributed by atoms with van der Waals surface area (Å²) in [5.41, 5.74) is 0. The average molecular weight is 208 g/mol. The maximum Gasteiger partial charge on any atom is 0.425 e. The predicted octanol–water partition coefficient (Wildman–Crippen LogP) is 2.90. The van der Waals surface area contributed by atoms with Crippen LogP contribution in [-0.2, 0) is 17.4 Å². The van der Waals surface area contributed by atoms with Crippen LogP contribution >= 0.6 is 11.3 Å². The maximum atomic E-state index is 12.1. The molecule has 0 saturated carbocycles. The van der Waals surface area contributed by atoms with Crippen LogP contribution in [-0.4, -0.2) is 6.29 Å². The second-order valence-electron chi connectivity index (χ2n) is 2.47. The molecular formula is C8H7F3OS. The number of carbonyl (C=O) groups is 1. The number of halogens is 3. The monoisotopic (exact) mass is 208 g/mol. The normalized spacial score (nSPS) is 11.6. The zero-order valence-electron chi connectivity index (χ0n) is 6.60. The highest BCUT2D eigenvalue weighted by molar-refractivity contribution is 7.12. The number of hydrogen-bond acceptors (Lipinski definition) is 2. The molecule has 1 heterocycles. The van der Waals surface area contributed by atoms with Crippen molar-refractivity contribution in [2.75, 3.05) is 0 Å². The fraction of sp³-hybridized carbons (Fsp3) is 0.375. The summed E-state index contributed by atoms with van der Waals surface area (Å²) in [7, 11) is 0. The Bertz CT molecular complexity index is 290. The Morgan fingerprint density at radius 2 is 2.08 bits per heavy atom. The van der Waals surface area contributed by atoms with E-state index in [0.29, 0.717) is 28.9 Å². The van der Waals surface area contributed by atoms with Gasteiger partial charge in [0.05, 0.1) is 0 Å². The van der Waals surface area contributed by atoms with Gasteiger partial charge in [0.15, 0.2) is 0 Å². The minimum Gasteiger partial charge on any atom is -0.303 e. The number of hydrogen-bond donors (Lipinski definition) is 0. The van der Waals surface area contributed by atoms with Crippen molar-refractivity contribution in [2.24, 2.45) is 0 Å². The van der Waals surface area contributed by atoms with Gasteiger partial charge in [0, 0.05) is 11.3 Å². The molecule has 0 radical (unpaired) electrons. The second-order valence-corrected chi connectivity index (χ2v) is 3.64. The molecule has 0 saturated heterocycles. The quantitative estimate of drug-likeness (QED) is 0.698. The fourth-order valence-electron chi connectivity index (χ4n) is 0.866. The molecule has 72 valence electrons. The van der Waals surface area contributed by atoms with Gasteiger partial charge in [-0.25, -0.2) is 0 Å². The van der Waals surface area contributed by atoms with Gasteiger partial charge in [-0.15, -0.1) is 11.3 Å². The molecular weight excluding hydrogens is 201 g/mol. The van der Waals surface area contributed by atoms with E-state index < -0.39 is 11.1 Å². The van der Waals surface area contributed by atoms with Crippen molar-refractivity contribution < 1.29 is 18.0 Å². The molecule has 13 heavy (non-hydrogen) atoms. The number of aryl methyl sites for hydroxylation is 1. The van der Waals surface area contributed by atoms with Crippen molar-refractivity contribution in [3.05, 3.63) is 21.9 Å². The van der Waals surface area contributed by atoms with Crippen molar-refractivity contribution in [2.45, 2.75) is 19.0 Å². The van der Waals surface area contributed by atoms with E-state index in [4.69, 9.17) is 0 Å². The molecule has 1 aromatic rings. The topological polar surface area (TPSA) is 17.1 Å². The van der Waals surface area contributed by atoms with Crippen molar-refractivity contribution in [1.82, 2.24) is 0 Å². The van der Waals surface area contributed by atoms with Gasteiger partial charge in [0.1, 0.15) is 11.2 Å². The summed E-state index contributed by atoms with van der Waals surface area (Å²) >= 11 is 0.696. The summed E-state index contributed by atoms with van der Waals surface area (Å²) in [6.07, 6.45) is -2.89. The van der Waals surface area contributed by atoms with E-state index in [1.807, 2.05) is 0 Å². The van der Waals surface area contributed by atoms with Crippen LogP contribution in [0.25, 0.3) is 0 Å². The summed E-state index contributed by atoms with van der Waals surface area (Å²) in [5.74, 6) is 0. The zero-order chi connectivity index (χ0) is 9.90.